The summed E-state index contributed by atoms with van der Waals surface area (Å²) in [5, 5.41) is 1.02. The maximum absolute atomic E-state index is 11.0. The van der Waals surface area contributed by atoms with Crippen LogP contribution in [0.2, 0.25) is 0 Å². The molecule has 2 rings (SSSR count). The van der Waals surface area contributed by atoms with Gasteiger partial charge in [0.25, 0.3) is 10.1 Å². The van der Waals surface area contributed by atoms with Gasteiger partial charge in [0.05, 0.1) is 11.9 Å². The summed E-state index contributed by atoms with van der Waals surface area (Å²) in [5.41, 5.74) is 4.95. The minimum atomic E-state index is -3.55. The van der Waals surface area contributed by atoms with Gasteiger partial charge in [-0.2, -0.15) is 12.7 Å². The molecule has 0 aliphatic carbocycles. The fraction of sp³-hybridized carbons (Fsp3) is 0.0769. The lowest BCUT2D eigenvalue weighted by atomic mass is 10.0. The van der Waals surface area contributed by atoms with E-state index in [9.17, 15) is 8.42 Å². The second-order valence-corrected chi connectivity index (χ2v) is 6.22. The molecule has 0 bridgehead atoms. The van der Waals surface area contributed by atoms with Crippen molar-refractivity contribution in [2.75, 3.05) is 11.7 Å². The predicted octanol–water partition coefficient (Wildman–Crippen LogP) is 2.16. The first kappa shape index (κ1) is 14.0. The van der Waals surface area contributed by atoms with Gasteiger partial charge >= 0.3 is 0 Å². The molecule has 0 aliphatic rings. The van der Waals surface area contributed by atoms with Crippen LogP contribution in [0.1, 0.15) is 0 Å². The lowest BCUT2D eigenvalue weighted by Gasteiger charge is -2.12. The van der Waals surface area contributed by atoms with E-state index in [1.165, 1.54) is 0 Å². The molecule has 0 fully saturated rings. The highest BCUT2D eigenvalue weighted by Crippen LogP contribution is 2.27. The smallest absolute Gasteiger partial charge is 0.249 e. The molecule has 0 radical (unpaired) electrons. The third-order valence-corrected chi connectivity index (χ3v) is 3.37. The van der Waals surface area contributed by atoms with E-state index in [-0.39, 0.29) is 0 Å². The van der Waals surface area contributed by atoms with Crippen molar-refractivity contribution in [1.82, 2.24) is 0 Å². The second kappa shape index (κ2) is 5.70. The molecular weight excluding hydrogens is 281 g/mol. The molecule has 0 saturated heterocycles. The van der Waals surface area contributed by atoms with Crippen LogP contribution in [-0.4, -0.2) is 14.7 Å². The van der Waals surface area contributed by atoms with Crippen LogP contribution >= 0.6 is 9.24 Å². The molecular formula is C13H14NO3PS. The summed E-state index contributed by atoms with van der Waals surface area (Å²) in [4.78, 5) is 0. The molecule has 19 heavy (non-hydrogen) atoms. The highest BCUT2D eigenvalue weighted by Gasteiger charge is 2.09. The highest BCUT2D eigenvalue weighted by atomic mass is 32.2. The van der Waals surface area contributed by atoms with Crippen LogP contribution in [0.3, 0.4) is 0 Å². The Balaban J connectivity index is 2.39. The van der Waals surface area contributed by atoms with Gasteiger partial charge in [-0.1, -0.05) is 42.5 Å². The number of para-hydroxylation sites is 1. The Labute approximate surface area is 115 Å². The highest BCUT2D eigenvalue weighted by molar-refractivity contribution is 7.86. The summed E-state index contributed by atoms with van der Waals surface area (Å²) in [6, 6.07) is 15.2. The standard InChI is InChI=1S/C13H14NO3PS/c1-19(15,16)17-14-12-8-4-2-6-10(12)11-7-3-5-9-13(11)18/h2-9,14H,18H2,1H3. The van der Waals surface area contributed by atoms with Gasteiger partial charge < -0.3 is 0 Å². The summed E-state index contributed by atoms with van der Waals surface area (Å²) < 4.78 is 26.7. The summed E-state index contributed by atoms with van der Waals surface area (Å²) >= 11 is 0. The predicted molar refractivity (Wildman–Crippen MR) is 80.8 cm³/mol. The first-order valence-corrected chi connectivity index (χ1v) is 7.95. The van der Waals surface area contributed by atoms with E-state index in [4.69, 9.17) is 0 Å². The van der Waals surface area contributed by atoms with Crippen LogP contribution in [0.15, 0.2) is 48.5 Å². The summed E-state index contributed by atoms with van der Waals surface area (Å²) in [6.45, 7) is 0. The number of hydrogen-bond donors (Lipinski definition) is 1. The number of benzene rings is 2. The molecule has 6 heteroatoms. The lowest BCUT2D eigenvalue weighted by Crippen LogP contribution is -2.10. The summed E-state index contributed by atoms with van der Waals surface area (Å²) in [6.07, 6.45) is 0.992. The SMILES string of the molecule is CS(=O)(=O)ONc1ccccc1-c1ccccc1P. The Bertz CT molecular complexity index is 686. The molecule has 1 unspecified atom stereocenters. The van der Waals surface area contributed by atoms with Crippen LogP contribution < -0.4 is 10.8 Å². The fourth-order valence-corrected chi connectivity index (χ4v) is 2.27. The maximum Gasteiger partial charge on any atom is 0.284 e. The van der Waals surface area contributed by atoms with Crippen molar-refractivity contribution >= 4 is 30.3 Å². The van der Waals surface area contributed by atoms with E-state index in [0.29, 0.717) is 5.69 Å². The molecule has 1 N–H and O–H groups in total. The van der Waals surface area contributed by atoms with Crippen molar-refractivity contribution in [3.8, 4) is 11.1 Å². The Morgan fingerprint density at radius 2 is 1.58 bits per heavy atom. The van der Waals surface area contributed by atoms with Crippen LogP contribution in [-0.2, 0) is 14.4 Å². The fourth-order valence-electron chi connectivity index (χ4n) is 1.67. The van der Waals surface area contributed by atoms with E-state index in [2.05, 4.69) is 19.0 Å². The normalized spacial score (nSPS) is 11.3. The zero-order chi connectivity index (χ0) is 13.9. The van der Waals surface area contributed by atoms with Gasteiger partial charge in [-0.25, -0.2) is 5.48 Å². The molecule has 2 aromatic rings. The first-order chi connectivity index (χ1) is 8.97. The molecule has 1 atom stereocenters. The maximum atomic E-state index is 11.0. The average molecular weight is 295 g/mol. The largest absolute Gasteiger partial charge is 0.284 e. The van der Waals surface area contributed by atoms with Gasteiger partial charge in [-0.05, 0) is 16.9 Å². The van der Waals surface area contributed by atoms with Gasteiger partial charge in [-0.3, -0.25) is 0 Å². The van der Waals surface area contributed by atoms with E-state index in [0.717, 1.165) is 22.7 Å². The third-order valence-electron chi connectivity index (χ3n) is 2.48. The molecule has 4 nitrogen and oxygen atoms in total. The second-order valence-electron chi connectivity index (χ2n) is 4.02. The van der Waals surface area contributed by atoms with Crippen LogP contribution in [0.25, 0.3) is 11.1 Å². The zero-order valence-electron chi connectivity index (χ0n) is 10.3. The Morgan fingerprint density at radius 1 is 1.00 bits per heavy atom. The molecule has 0 saturated carbocycles. The van der Waals surface area contributed by atoms with Crippen molar-refractivity contribution in [3.63, 3.8) is 0 Å². The van der Waals surface area contributed by atoms with E-state index in [1.807, 2.05) is 42.5 Å². The molecule has 100 valence electrons. The Kier molecular flexibility index (Phi) is 4.20. The van der Waals surface area contributed by atoms with Gasteiger partial charge in [0, 0.05) is 5.56 Å². The third kappa shape index (κ3) is 3.77. The van der Waals surface area contributed by atoms with Gasteiger partial charge in [0.1, 0.15) is 0 Å². The minimum absolute atomic E-state index is 0.600. The molecule has 0 aromatic heterocycles. The van der Waals surface area contributed by atoms with Gasteiger partial charge in [0.15, 0.2) is 0 Å². The molecule has 0 spiro atoms. The van der Waals surface area contributed by atoms with Gasteiger partial charge in [-0.15, -0.1) is 9.24 Å². The number of nitrogens with one attached hydrogen (secondary N) is 1. The average Bonchev–Trinajstić information content (AvgIpc) is 2.37. The topological polar surface area (TPSA) is 55.4 Å². The number of hydrogen-bond acceptors (Lipinski definition) is 4. The first-order valence-electron chi connectivity index (χ1n) is 5.56. The zero-order valence-corrected chi connectivity index (χ0v) is 12.3. The van der Waals surface area contributed by atoms with Crippen LogP contribution in [0, 0.1) is 0 Å². The van der Waals surface area contributed by atoms with E-state index >= 15 is 0 Å². The van der Waals surface area contributed by atoms with E-state index < -0.39 is 10.1 Å². The Hall–Kier alpha value is -1.42. The van der Waals surface area contributed by atoms with Crippen molar-refractivity contribution in [2.24, 2.45) is 0 Å². The molecule has 0 heterocycles. The molecule has 0 aliphatic heterocycles. The number of anilines is 1. The van der Waals surface area contributed by atoms with Crippen LogP contribution in [0.4, 0.5) is 5.69 Å². The molecule has 2 aromatic carbocycles. The van der Waals surface area contributed by atoms with Crippen molar-refractivity contribution < 1.29 is 12.7 Å². The van der Waals surface area contributed by atoms with Crippen molar-refractivity contribution in [3.05, 3.63) is 48.5 Å². The quantitative estimate of drug-likeness (QED) is 0.693. The summed E-state index contributed by atoms with van der Waals surface area (Å²) in [7, 11) is -0.892. The monoisotopic (exact) mass is 295 g/mol. The van der Waals surface area contributed by atoms with Crippen LogP contribution in [0.5, 0.6) is 0 Å². The van der Waals surface area contributed by atoms with Gasteiger partial charge in [0.2, 0.25) is 0 Å². The van der Waals surface area contributed by atoms with Crippen molar-refractivity contribution in [2.45, 2.75) is 0 Å². The number of rotatable bonds is 4. The summed E-state index contributed by atoms with van der Waals surface area (Å²) in [5.74, 6) is 0. The minimum Gasteiger partial charge on any atom is -0.249 e. The van der Waals surface area contributed by atoms with Crippen molar-refractivity contribution in [1.29, 1.82) is 0 Å². The van der Waals surface area contributed by atoms with E-state index in [1.54, 1.807) is 6.07 Å². The lowest BCUT2D eigenvalue weighted by molar-refractivity contribution is 0.396. The Morgan fingerprint density at radius 3 is 2.21 bits per heavy atom. The molecule has 0 amide bonds.